The summed E-state index contributed by atoms with van der Waals surface area (Å²) in [5.74, 6) is -0.108. The Kier molecular flexibility index (Phi) is 6.28. The number of hydrogen-bond donors (Lipinski definition) is 2. The lowest BCUT2D eigenvalue weighted by molar-refractivity contribution is -0.128. The number of amides is 2. The highest BCUT2D eigenvalue weighted by atomic mass is 16.5. The average molecular weight is 345 g/mol. The highest BCUT2D eigenvalue weighted by molar-refractivity contribution is 5.97. The molecule has 136 valence electrons. The van der Waals surface area contributed by atoms with Crippen molar-refractivity contribution in [3.05, 3.63) is 24.3 Å². The zero-order valence-corrected chi connectivity index (χ0v) is 14.6. The zero-order chi connectivity index (χ0) is 17.5. The summed E-state index contributed by atoms with van der Waals surface area (Å²) < 4.78 is 5.39. The molecule has 0 spiro atoms. The molecular weight excluding hydrogens is 318 g/mol. The number of hydrogen-bond acceptors (Lipinski definition) is 4. The molecule has 1 aliphatic carbocycles. The minimum atomic E-state index is -0.190. The molecule has 2 N–H and O–H groups in total. The van der Waals surface area contributed by atoms with Crippen molar-refractivity contribution in [2.75, 3.05) is 43.1 Å². The molecule has 1 saturated heterocycles. The van der Waals surface area contributed by atoms with Crippen LogP contribution >= 0.6 is 0 Å². The molecule has 2 fully saturated rings. The van der Waals surface area contributed by atoms with Crippen LogP contribution in [0.4, 0.5) is 11.4 Å². The number of benzene rings is 1. The fourth-order valence-electron chi connectivity index (χ4n) is 3.53. The van der Waals surface area contributed by atoms with E-state index in [9.17, 15) is 9.59 Å². The van der Waals surface area contributed by atoms with Crippen molar-refractivity contribution in [3.63, 3.8) is 0 Å². The van der Waals surface area contributed by atoms with Gasteiger partial charge in [0.25, 0.3) is 0 Å². The van der Waals surface area contributed by atoms with Gasteiger partial charge in [-0.15, -0.1) is 0 Å². The topological polar surface area (TPSA) is 70.7 Å². The molecule has 1 aromatic carbocycles. The molecule has 6 nitrogen and oxygen atoms in total. The summed E-state index contributed by atoms with van der Waals surface area (Å²) in [6, 6.07) is 7.76. The van der Waals surface area contributed by atoms with Crippen LogP contribution in [0.5, 0.6) is 0 Å². The number of carbonyl (C=O) groups excluding carboxylic acids is 2. The van der Waals surface area contributed by atoms with E-state index in [1.165, 1.54) is 6.42 Å². The van der Waals surface area contributed by atoms with E-state index < -0.39 is 0 Å². The Morgan fingerprint density at radius 2 is 1.80 bits per heavy atom. The maximum atomic E-state index is 12.3. The molecule has 25 heavy (non-hydrogen) atoms. The first kappa shape index (κ1) is 17.7. The Labute approximate surface area is 148 Å². The van der Waals surface area contributed by atoms with Crippen LogP contribution in [0.15, 0.2) is 24.3 Å². The molecule has 6 heteroatoms. The minimum absolute atomic E-state index is 0.0105. The first-order valence-electron chi connectivity index (χ1n) is 9.23. The number of ether oxygens (including phenoxy) is 1. The molecule has 0 radical (unpaired) electrons. The van der Waals surface area contributed by atoms with Gasteiger partial charge in [-0.25, -0.2) is 0 Å². The molecule has 0 bridgehead atoms. The Balaban J connectivity index is 1.53. The van der Waals surface area contributed by atoms with Gasteiger partial charge in [0.05, 0.1) is 31.1 Å². The van der Waals surface area contributed by atoms with Crippen molar-refractivity contribution >= 4 is 23.2 Å². The van der Waals surface area contributed by atoms with Crippen molar-refractivity contribution in [2.24, 2.45) is 5.92 Å². The number of para-hydroxylation sites is 2. The van der Waals surface area contributed by atoms with E-state index in [2.05, 4.69) is 15.5 Å². The third kappa shape index (κ3) is 4.95. The van der Waals surface area contributed by atoms with Crippen LogP contribution in [0.1, 0.15) is 32.1 Å². The van der Waals surface area contributed by atoms with E-state index in [4.69, 9.17) is 4.74 Å². The maximum Gasteiger partial charge on any atom is 0.243 e. The van der Waals surface area contributed by atoms with Crippen LogP contribution in [0.3, 0.4) is 0 Å². The molecule has 2 amide bonds. The molecule has 1 heterocycles. The van der Waals surface area contributed by atoms with Crippen molar-refractivity contribution in [3.8, 4) is 0 Å². The molecule has 0 atom stereocenters. The first-order valence-corrected chi connectivity index (χ1v) is 9.23. The summed E-state index contributed by atoms with van der Waals surface area (Å²) in [6.45, 7) is 3.03. The van der Waals surface area contributed by atoms with Gasteiger partial charge in [0.15, 0.2) is 0 Å². The van der Waals surface area contributed by atoms with Gasteiger partial charge in [-0.2, -0.15) is 0 Å². The Morgan fingerprint density at radius 3 is 2.56 bits per heavy atom. The molecule has 0 unspecified atom stereocenters. The van der Waals surface area contributed by atoms with Crippen LogP contribution < -0.4 is 15.5 Å². The van der Waals surface area contributed by atoms with Gasteiger partial charge in [0, 0.05) is 19.0 Å². The van der Waals surface area contributed by atoms with E-state index >= 15 is 0 Å². The minimum Gasteiger partial charge on any atom is -0.378 e. The fourth-order valence-corrected chi connectivity index (χ4v) is 3.53. The highest BCUT2D eigenvalue weighted by Gasteiger charge is 2.21. The molecular formula is C19H27N3O3. The number of anilines is 2. The Bertz CT molecular complexity index is 593. The van der Waals surface area contributed by atoms with E-state index in [0.717, 1.165) is 50.1 Å². The second kappa shape index (κ2) is 8.85. The number of morpholine rings is 1. The van der Waals surface area contributed by atoms with Gasteiger partial charge in [-0.3, -0.25) is 9.59 Å². The first-order chi connectivity index (χ1) is 12.2. The lowest BCUT2D eigenvalue weighted by Gasteiger charge is -2.30. The smallest absolute Gasteiger partial charge is 0.243 e. The Hall–Kier alpha value is -2.08. The van der Waals surface area contributed by atoms with Crippen LogP contribution in [0, 0.1) is 5.92 Å². The lowest BCUT2D eigenvalue weighted by atomic mass is 9.89. The van der Waals surface area contributed by atoms with Crippen molar-refractivity contribution in [2.45, 2.75) is 32.1 Å². The summed E-state index contributed by atoms with van der Waals surface area (Å²) in [5.41, 5.74) is 1.78. The lowest BCUT2D eigenvalue weighted by Crippen LogP contribution is -2.38. The SMILES string of the molecule is O=C(CNC(=O)C1CCCCC1)Nc1ccccc1N1CCOCC1. The van der Waals surface area contributed by atoms with Crippen LogP contribution in [-0.2, 0) is 14.3 Å². The third-order valence-electron chi connectivity index (χ3n) is 4.93. The largest absolute Gasteiger partial charge is 0.378 e. The van der Waals surface area contributed by atoms with Crippen LogP contribution in [0.25, 0.3) is 0 Å². The summed E-state index contributed by atoms with van der Waals surface area (Å²) in [5, 5.41) is 5.72. The Morgan fingerprint density at radius 1 is 1.08 bits per heavy atom. The standard InChI is InChI=1S/C19H27N3O3/c23-18(14-20-19(24)15-6-2-1-3-7-15)21-16-8-4-5-9-17(16)22-10-12-25-13-11-22/h4-5,8-9,15H,1-3,6-7,10-14H2,(H,20,24)(H,21,23). The summed E-state index contributed by atoms with van der Waals surface area (Å²) in [4.78, 5) is 26.6. The number of carbonyl (C=O) groups is 2. The van der Waals surface area contributed by atoms with Gasteiger partial charge in [0.1, 0.15) is 0 Å². The van der Waals surface area contributed by atoms with E-state index in [1.807, 2.05) is 24.3 Å². The van der Waals surface area contributed by atoms with E-state index in [0.29, 0.717) is 13.2 Å². The number of nitrogens with one attached hydrogen (secondary N) is 2. The second-order valence-corrected chi connectivity index (χ2v) is 6.72. The summed E-state index contributed by atoms with van der Waals surface area (Å²) in [6.07, 6.45) is 5.30. The summed E-state index contributed by atoms with van der Waals surface area (Å²) in [7, 11) is 0. The predicted molar refractivity (Wildman–Crippen MR) is 97.7 cm³/mol. The molecule has 1 saturated carbocycles. The van der Waals surface area contributed by atoms with Crippen LogP contribution in [0.2, 0.25) is 0 Å². The number of rotatable bonds is 5. The van der Waals surface area contributed by atoms with E-state index in [-0.39, 0.29) is 24.3 Å². The van der Waals surface area contributed by atoms with Gasteiger partial charge < -0.3 is 20.3 Å². The second-order valence-electron chi connectivity index (χ2n) is 6.72. The van der Waals surface area contributed by atoms with E-state index in [1.54, 1.807) is 0 Å². The van der Waals surface area contributed by atoms with Crippen LogP contribution in [-0.4, -0.2) is 44.7 Å². The fraction of sp³-hybridized carbons (Fsp3) is 0.579. The maximum absolute atomic E-state index is 12.3. The zero-order valence-electron chi connectivity index (χ0n) is 14.6. The normalized spacial score (nSPS) is 18.6. The monoisotopic (exact) mass is 345 g/mol. The average Bonchev–Trinajstić information content (AvgIpc) is 2.68. The molecule has 1 aromatic rings. The van der Waals surface area contributed by atoms with Crippen molar-refractivity contribution in [1.29, 1.82) is 0 Å². The van der Waals surface area contributed by atoms with Crippen molar-refractivity contribution in [1.82, 2.24) is 5.32 Å². The predicted octanol–water partition coefficient (Wildman–Crippen LogP) is 2.16. The molecule has 2 aliphatic rings. The van der Waals surface area contributed by atoms with Gasteiger partial charge >= 0.3 is 0 Å². The third-order valence-corrected chi connectivity index (χ3v) is 4.93. The number of nitrogens with zero attached hydrogens (tertiary/aromatic N) is 1. The molecule has 0 aromatic heterocycles. The quantitative estimate of drug-likeness (QED) is 0.858. The summed E-state index contributed by atoms with van der Waals surface area (Å²) >= 11 is 0. The molecule has 3 rings (SSSR count). The van der Waals surface area contributed by atoms with Gasteiger partial charge in [0.2, 0.25) is 11.8 Å². The highest BCUT2D eigenvalue weighted by Crippen LogP contribution is 2.26. The van der Waals surface area contributed by atoms with Gasteiger partial charge in [-0.1, -0.05) is 31.4 Å². The van der Waals surface area contributed by atoms with Crippen molar-refractivity contribution < 1.29 is 14.3 Å². The molecule has 1 aliphatic heterocycles. The van der Waals surface area contributed by atoms with Gasteiger partial charge in [-0.05, 0) is 25.0 Å².